The predicted octanol–water partition coefficient (Wildman–Crippen LogP) is 10.2. The molecule has 56 heavy (non-hydrogen) atoms. The summed E-state index contributed by atoms with van der Waals surface area (Å²) in [6.45, 7) is 6.00. The lowest BCUT2D eigenvalue weighted by Gasteiger charge is -2.40. The van der Waals surface area contributed by atoms with Gasteiger partial charge in [0.1, 0.15) is 5.75 Å². The summed E-state index contributed by atoms with van der Waals surface area (Å²) < 4.78 is 29.0. The van der Waals surface area contributed by atoms with Gasteiger partial charge in [0.25, 0.3) is 0 Å². The lowest BCUT2D eigenvalue weighted by molar-refractivity contribution is 0.313. The minimum atomic E-state index is 0.390. The molecule has 6 rings (SSSR count). The zero-order chi connectivity index (χ0) is 39.6. The maximum atomic E-state index is 5.96. The molecular weight excluding hydrogens is 699 g/mol. The standard InChI is InChI=1S/C48H61N3O5/c1-9-13-36-26-38(28-45(53-5)47(36)55-7)40-24-35(30-50(3)32-40)31-51(43-15-11-12-16-44(43)52-4)41-19-17-33(18-20-41)23-34-21-22-49-42(25-34)39-27-37(14-10-2)48(56-8)46(29-39)54-6/h11-12,15-16,21-22,24-30,33,41H,9-10,13-14,17-20,23,31-32H2,1-8H3. The lowest BCUT2D eigenvalue weighted by Crippen LogP contribution is -2.40. The first-order valence-corrected chi connectivity index (χ1v) is 20.3. The Hall–Kier alpha value is -5.11. The molecule has 2 heterocycles. The minimum absolute atomic E-state index is 0.390. The van der Waals surface area contributed by atoms with Crippen LogP contribution in [0.15, 0.2) is 84.7 Å². The first-order valence-electron chi connectivity index (χ1n) is 20.3. The highest BCUT2D eigenvalue weighted by Gasteiger charge is 2.29. The van der Waals surface area contributed by atoms with E-state index in [4.69, 9.17) is 28.7 Å². The van der Waals surface area contributed by atoms with Gasteiger partial charge in [0, 0.05) is 44.1 Å². The zero-order valence-electron chi connectivity index (χ0n) is 34.8. The van der Waals surface area contributed by atoms with Gasteiger partial charge in [-0.15, -0.1) is 0 Å². The lowest BCUT2D eigenvalue weighted by atomic mass is 9.81. The van der Waals surface area contributed by atoms with E-state index in [1.165, 1.54) is 27.8 Å². The average molecular weight is 760 g/mol. The van der Waals surface area contributed by atoms with Crippen molar-refractivity contribution in [2.24, 2.45) is 5.92 Å². The Morgan fingerprint density at radius 1 is 0.714 bits per heavy atom. The van der Waals surface area contributed by atoms with E-state index < -0.39 is 0 Å². The molecule has 1 aliphatic carbocycles. The van der Waals surface area contributed by atoms with Crippen LogP contribution in [0.1, 0.15) is 74.6 Å². The van der Waals surface area contributed by atoms with E-state index in [-0.39, 0.29) is 0 Å². The third kappa shape index (κ3) is 9.29. The number of hydrogen-bond donors (Lipinski definition) is 0. The fraction of sp³-hybridized carbons (Fsp3) is 0.438. The van der Waals surface area contributed by atoms with Gasteiger partial charge in [-0.05, 0) is 133 Å². The molecule has 0 spiro atoms. The second-order valence-electron chi connectivity index (χ2n) is 15.3. The van der Waals surface area contributed by atoms with Crippen molar-refractivity contribution in [2.45, 2.75) is 77.7 Å². The third-order valence-corrected chi connectivity index (χ3v) is 11.3. The highest BCUT2D eigenvalue weighted by atomic mass is 16.5. The van der Waals surface area contributed by atoms with Crippen LogP contribution in [0.4, 0.5) is 5.69 Å². The van der Waals surface area contributed by atoms with Crippen LogP contribution in [0.2, 0.25) is 0 Å². The van der Waals surface area contributed by atoms with Crippen LogP contribution in [0.25, 0.3) is 16.8 Å². The molecule has 4 aromatic rings. The minimum Gasteiger partial charge on any atom is -0.495 e. The molecule has 1 aliphatic heterocycles. The number of para-hydroxylation sites is 2. The smallest absolute Gasteiger partial charge is 0.163 e. The zero-order valence-corrected chi connectivity index (χ0v) is 34.8. The summed E-state index contributed by atoms with van der Waals surface area (Å²) in [7, 11) is 10.8. The van der Waals surface area contributed by atoms with Gasteiger partial charge in [-0.1, -0.05) is 44.9 Å². The Bertz CT molecular complexity index is 2000. The van der Waals surface area contributed by atoms with Crippen molar-refractivity contribution >= 4 is 11.3 Å². The van der Waals surface area contributed by atoms with Crippen LogP contribution in [0.5, 0.6) is 28.7 Å². The molecule has 298 valence electrons. The van der Waals surface area contributed by atoms with Crippen molar-refractivity contribution in [1.82, 2.24) is 9.88 Å². The monoisotopic (exact) mass is 759 g/mol. The van der Waals surface area contributed by atoms with Crippen LogP contribution < -0.4 is 28.6 Å². The molecule has 0 radical (unpaired) electrons. The van der Waals surface area contributed by atoms with Crippen LogP contribution in [-0.4, -0.2) is 71.6 Å². The Morgan fingerprint density at radius 2 is 1.34 bits per heavy atom. The fourth-order valence-corrected chi connectivity index (χ4v) is 8.72. The molecule has 0 unspecified atom stereocenters. The molecule has 0 atom stereocenters. The van der Waals surface area contributed by atoms with E-state index in [2.05, 4.69) is 104 Å². The highest BCUT2D eigenvalue weighted by Crippen LogP contribution is 2.41. The van der Waals surface area contributed by atoms with E-state index in [0.29, 0.717) is 12.0 Å². The van der Waals surface area contributed by atoms with E-state index in [1.54, 1.807) is 35.5 Å². The molecule has 0 bridgehead atoms. The van der Waals surface area contributed by atoms with Crippen LogP contribution >= 0.6 is 0 Å². The topological polar surface area (TPSA) is 65.5 Å². The van der Waals surface area contributed by atoms with Gasteiger partial charge < -0.3 is 33.5 Å². The molecule has 8 nitrogen and oxygen atoms in total. The molecule has 2 aliphatic rings. The van der Waals surface area contributed by atoms with Crippen molar-refractivity contribution in [3.63, 3.8) is 0 Å². The summed E-state index contributed by atoms with van der Waals surface area (Å²) in [6.07, 6.45) is 16.2. The van der Waals surface area contributed by atoms with E-state index >= 15 is 0 Å². The largest absolute Gasteiger partial charge is 0.495 e. The van der Waals surface area contributed by atoms with Gasteiger partial charge in [-0.3, -0.25) is 4.98 Å². The summed E-state index contributed by atoms with van der Waals surface area (Å²) in [4.78, 5) is 9.69. The molecule has 1 aromatic heterocycles. The van der Waals surface area contributed by atoms with Crippen molar-refractivity contribution in [2.75, 3.05) is 60.6 Å². The first-order chi connectivity index (χ1) is 27.3. The number of methoxy groups -OCH3 is 5. The molecule has 0 saturated heterocycles. The summed E-state index contributed by atoms with van der Waals surface area (Å²) in [6, 6.07) is 22.0. The Balaban J connectivity index is 1.21. The van der Waals surface area contributed by atoms with Crippen molar-refractivity contribution in [1.29, 1.82) is 0 Å². The number of likely N-dealkylation sites (N-methyl/N-ethyl adjacent to an activating group) is 1. The number of rotatable bonds is 17. The number of aryl methyl sites for hydroxylation is 2. The highest BCUT2D eigenvalue weighted by molar-refractivity contribution is 5.75. The Morgan fingerprint density at radius 3 is 1.96 bits per heavy atom. The average Bonchev–Trinajstić information content (AvgIpc) is 3.22. The van der Waals surface area contributed by atoms with Gasteiger partial charge in [0.2, 0.25) is 0 Å². The number of pyridine rings is 1. The van der Waals surface area contributed by atoms with Crippen LogP contribution in [0.3, 0.4) is 0 Å². The predicted molar refractivity (Wildman–Crippen MR) is 229 cm³/mol. The molecule has 0 N–H and O–H groups in total. The molecule has 8 heteroatoms. The van der Waals surface area contributed by atoms with Crippen molar-refractivity contribution in [3.8, 4) is 40.0 Å². The van der Waals surface area contributed by atoms with Gasteiger partial charge in [0.15, 0.2) is 23.0 Å². The van der Waals surface area contributed by atoms with Gasteiger partial charge >= 0.3 is 0 Å². The third-order valence-electron chi connectivity index (χ3n) is 11.3. The summed E-state index contributed by atoms with van der Waals surface area (Å²) in [5.74, 6) is 4.70. The number of hydrogen-bond acceptors (Lipinski definition) is 8. The van der Waals surface area contributed by atoms with E-state index in [9.17, 15) is 0 Å². The summed E-state index contributed by atoms with van der Waals surface area (Å²) >= 11 is 0. The second-order valence-corrected chi connectivity index (χ2v) is 15.3. The number of benzene rings is 3. The molecule has 1 saturated carbocycles. The van der Waals surface area contributed by atoms with E-state index in [0.717, 1.165) is 122 Å². The molecule has 3 aromatic carbocycles. The summed E-state index contributed by atoms with van der Waals surface area (Å²) in [5.41, 5.74) is 10.6. The molecular formula is C48H61N3O5. The van der Waals surface area contributed by atoms with Gasteiger partial charge in [-0.2, -0.15) is 0 Å². The normalized spacial score (nSPS) is 16.8. The maximum absolute atomic E-state index is 5.96. The van der Waals surface area contributed by atoms with Crippen LogP contribution in [-0.2, 0) is 19.3 Å². The van der Waals surface area contributed by atoms with Gasteiger partial charge in [-0.25, -0.2) is 0 Å². The quantitative estimate of drug-likeness (QED) is 0.105. The first kappa shape index (κ1) is 40.6. The Labute approximate surface area is 335 Å². The number of ether oxygens (including phenoxy) is 5. The fourth-order valence-electron chi connectivity index (χ4n) is 8.72. The van der Waals surface area contributed by atoms with Crippen LogP contribution in [0, 0.1) is 5.92 Å². The molecule has 0 amide bonds. The second kappa shape index (κ2) is 19.2. The molecule has 1 fully saturated rings. The van der Waals surface area contributed by atoms with Crippen molar-refractivity contribution < 1.29 is 23.7 Å². The van der Waals surface area contributed by atoms with E-state index in [1.807, 2.05) is 6.20 Å². The number of nitrogens with zero attached hydrogens (tertiary/aromatic N) is 3. The Kier molecular flexibility index (Phi) is 13.9. The SMILES string of the molecule is CCCc1cc(C2=CC(CN(c3ccccc3OC)C3CCC(Cc4ccnc(-c5cc(CCC)c(OC)c(OC)c5)c4)CC3)=CN(C)C2)cc(OC)c1OC. The van der Waals surface area contributed by atoms with Gasteiger partial charge in [0.05, 0.1) is 46.9 Å². The van der Waals surface area contributed by atoms with Crippen molar-refractivity contribution in [3.05, 3.63) is 107 Å². The number of anilines is 1. The maximum Gasteiger partial charge on any atom is 0.163 e. The number of aromatic nitrogens is 1. The summed E-state index contributed by atoms with van der Waals surface area (Å²) in [5, 5.41) is 0.